The molecule has 1 atom stereocenters. The number of carbonyl (C=O) groups is 1. The van der Waals surface area contributed by atoms with Crippen molar-refractivity contribution in [1.82, 2.24) is 0 Å². The average Bonchev–Trinajstić information content (AvgIpc) is 2.74. The second-order valence-corrected chi connectivity index (χ2v) is 10.8. The summed E-state index contributed by atoms with van der Waals surface area (Å²) in [7, 11) is -4.07. The number of carboxylic acid groups (broad SMARTS) is 1. The van der Waals surface area contributed by atoms with Gasteiger partial charge in [0.05, 0.1) is 4.91 Å². The Balaban J connectivity index is 2.03. The number of aliphatic carboxylic acids is 1. The van der Waals surface area contributed by atoms with Gasteiger partial charge in [-0.2, -0.15) is 0 Å². The minimum Gasteiger partial charge on any atom is -0.479 e. The number of hydrogen-bond acceptors (Lipinski definition) is 4. The van der Waals surface area contributed by atoms with E-state index in [0.717, 1.165) is 34.3 Å². The van der Waals surface area contributed by atoms with Crippen molar-refractivity contribution < 1.29 is 31.8 Å². The maximum absolute atomic E-state index is 14.9. The van der Waals surface area contributed by atoms with Crippen LogP contribution in [-0.2, 0) is 14.6 Å². The Morgan fingerprint density at radius 1 is 1.23 bits per heavy atom. The van der Waals surface area contributed by atoms with Crippen LogP contribution in [0.4, 0.5) is 8.78 Å². The van der Waals surface area contributed by atoms with E-state index in [1.165, 1.54) is 19.1 Å². The summed E-state index contributed by atoms with van der Waals surface area (Å²) in [6.45, 7) is 1.31. The first kappa shape index (κ1) is 23.3. The third-order valence-corrected chi connectivity index (χ3v) is 8.28. The minimum absolute atomic E-state index is 0.0354. The predicted octanol–water partition coefficient (Wildman–Crippen LogP) is 5.22. The fourth-order valence-corrected chi connectivity index (χ4v) is 5.93. The van der Waals surface area contributed by atoms with Gasteiger partial charge in [0.25, 0.3) is 0 Å². The molecule has 0 spiro atoms. The predicted molar refractivity (Wildman–Crippen MR) is 123 cm³/mol. The quantitative estimate of drug-likeness (QED) is 0.470. The van der Waals surface area contributed by atoms with Gasteiger partial charge in [0.1, 0.15) is 22.3 Å². The van der Waals surface area contributed by atoms with E-state index in [0.29, 0.717) is 6.42 Å². The smallest absolute Gasteiger partial charge is 0.344 e. The van der Waals surface area contributed by atoms with Crippen LogP contribution >= 0.6 is 20.7 Å². The van der Waals surface area contributed by atoms with E-state index in [9.17, 15) is 22.0 Å². The Bertz CT molecular complexity index is 1220. The Morgan fingerprint density at radius 2 is 1.97 bits per heavy atom. The van der Waals surface area contributed by atoms with Gasteiger partial charge in [-0.3, -0.25) is 0 Å². The minimum atomic E-state index is -4.07. The van der Waals surface area contributed by atoms with Gasteiger partial charge in [-0.1, -0.05) is 37.4 Å². The van der Waals surface area contributed by atoms with Gasteiger partial charge in [0, 0.05) is 5.56 Å². The van der Waals surface area contributed by atoms with Crippen molar-refractivity contribution >= 4 is 41.1 Å². The summed E-state index contributed by atoms with van der Waals surface area (Å²) in [5.74, 6) is -2.82. The van der Waals surface area contributed by atoms with Crippen molar-refractivity contribution in [3.05, 3.63) is 68.7 Å². The third kappa shape index (κ3) is 5.09. The van der Waals surface area contributed by atoms with Crippen LogP contribution in [-0.4, -0.2) is 30.1 Å². The zero-order valence-electron chi connectivity index (χ0n) is 16.4. The van der Waals surface area contributed by atoms with Gasteiger partial charge in [0.15, 0.2) is 6.10 Å². The normalized spacial score (nSPS) is 15.1. The van der Waals surface area contributed by atoms with Crippen LogP contribution in [0.2, 0.25) is 0 Å². The fourth-order valence-electron chi connectivity index (χ4n) is 3.02. The standard InChI is InChI=1S/C22H19F2IO5S/c1-13(22(26)27)30-20-8-7-15(23)11-18(20)14-6-9-21(19(24)10-14)31(28,29)17-5-3-4-16(12-17)25-2/h5-13H,2-4H2,1H3,(H,26,27)/t13-/m0/s1. The second-order valence-electron chi connectivity index (χ2n) is 6.76. The fraction of sp³-hybridized carbons (Fsp3) is 0.182. The highest BCUT2D eigenvalue weighted by Crippen LogP contribution is 2.36. The lowest BCUT2D eigenvalue weighted by Gasteiger charge is -2.16. The van der Waals surface area contributed by atoms with Gasteiger partial charge in [-0.25, -0.2) is 22.0 Å². The topological polar surface area (TPSA) is 80.7 Å². The molecule has 9 heteroatoms. The molecule has 2 aromatic carbocycles. The highest BCUT2D eigenvalue weighted by Gasteiger charge is 2.25. The summed E-state index contributed by atoms with van der Waals surface area (Å²) in [6, 6.07) is 6.84. The lowest BCUT2D eigenvalue weighted by molar-refractivity contribution is -0.144. The Hall–Kier alpha value is -2.40. The zero-order valence-corrected chi connectivity index (χ0v) is 19.4. The average molecular weight is 560 g/mol. The van der Waals surface area contributed by atoms with E-state index in [1.54, 1.807) is 12.2 Å². The van der Waals surface area contributed by atoms with Gasteiger partial charge in [-0.05, 0) is 65.3 Å². The highest BCUT2D eigenvalue weighted by atomic mass is 127. The molecule has 5 nitrogen and oxygen atoms in total. The van der Waals surface area contributed by atoms with Gasteiger partial charge in [0.2, 0.25) is 9.84 Å². The molecular formula is C22H19F2IO5S. The molecule has 0 radical (unpaired) electrons. The summed E-state index contributed by atoms with van der Waals surface area (Å²) < 4.78 is 64.9. The monoisotopic (exact) mass is 560 g/mol. The van der Waals surface area contributed by atoms with Crippen molar-refractivity contribution in [2.45, 2.75) is 30.8 Å². The van der Waals surface area contributed by atoms with E-state index < -0.39 is 59.2 Å². The van der Waals surface area contributed by atoms with Gasteiger partial charge < -0.3 is 9.84 Å². The highest BCUT2D eigenvalue weighted by molar-refractivity contribution is 14.2. The Morgan fingerprint density at radius 3 is 2.61 bits per heavy atom. The van der Waals surface area contributed by atoms with Crippen LogP contribution in [0.3, 0.4) is 0 Å². The molecule has 164 valence electrons. The summed E-state index contributed by atoms with van der Waals surface area (Å²) in [5, 5.41) is 9.05. The maximum atomic E-state index is 14.9. The Kier molecular flexibility index (Phi) is 7.05. The maximum Gasteiger partial charge on any atom is 0.344 e. The summed E-state index contributed by atoms with van der Waals surface area (Å²) in [6.07, 6.45) is 3.23. The number of carboxylic acids is 1. The molecule has 0 amide bonds. The van der Waals surface area contributed by atoms with Crippen molar-refractivity contribution in [2.24, 2.45) is 0 Å². The molecule has 0 saturated heterocycles. The number of ether oxygens (including phenoxy) is 1. The number of benzene rings is 2. The Labute approximate surface area is 188 Å². The lowest BCUT2D eigenvalue weighted by atomic mass is 10.0. The molecule has 0 saturated carbocycles. The van der Waals surface area contributed by atoms with Gasteiger partial charge in [-0.15, -0.1) is 0 Å². The summed E-state index contributed by atoms with van der Waals surface area (Å²) in [5.41, 5.74) is 0.262. The van der Waals surface area contributed by atoms with Crippen LogP contribution in [0, 0.1) is 11.6 Å². The molecule has 0 bridgehead atoms. The first-order chi connectivity index (χ1) is 14.6. The number of hydrogen-bond donors (Lipinski definition) is 1. The van der Waals surface area contributed by atoms with E-state index in [-0.39, 0.29) is 21.8 Å². The molecule has 1 aliphatic rings. The first-order valence-corrected chi connectivity index (χ1v) is 13.3. The van der Waals surface area contributed by atoms with Crippen molar-refractivity contribution in [1.29, 1.82) is 0 Å². The molecule has 0 fully saturated rings. The number of rotatable bonds is 7. The first-order valence-electron chi connectivity index (χ1n) is 9.16. The molecule has 1 aliphatic carbocycles. The lowest BCUT2D eigenvalue weighted by Crippen LogP contribution is -2.23. The van der Waals surface area contributed by atoms with E-state index in [4.69, 9.17) is 9.84 Å². The number of halogens is 3. The molecular weight excluding hydrogens is 541 g/mol. The van der Waals surface area contributed by atoms with E-state index in [1.807, 2.05) is 0 Å². The zero-order chi connectivity index (χ0) is 22.8. The van der Waals surface area contributed by atoms with Crippen molar-refractivity contribution in [3.8, 4) is 16.9 Å². The largest absolute Gasteiger partial charge is 0.479 e. The summed E-state index contributed by atoms with van der Waals surface area (Å²) >= 11 is -0.502. The van der Waals surface area contributed by atoms with Gasteiger partial charge >= 0.3 is 5.97 Å². The van der Waals surface area contributed by atoms with Crippen LogP contribution in [0.15, 0.2) is 61.9 Å². The molecule has 0 heterocycles. The van der Waals surface area contributed by atoms with Crippen LogP contribution < -0.4 is 4.74 Å². The SMILES string of the molecule is C=IC1=CC(S(=O)(=O)c2ccc(-c3cc(F)ccc3O[C@@H](C)C(=O)O)cc2F)=CCC1. The molecule has 31 heavy (non-hydrogen) atoms. The van der Waals surface area contributed by atoms with E-state index >= 15 is 0 Å². The van der Waals surface area contributed by atoms with Crippen LogP contribution in [0.5, 0.6) is 5.75 Å². The molecule has 0 aromatic heterocycles. The molecule has 0 unspecified atom stereocenters. The molecule has 0 aliphatic heterocycles. The van der Waals surface area contributed by atoms with Crippen LogP contribution in [0.1, 0.15) is 19.8 Å². The van der Waals surface area contributed by atoms with Crippen LogP contribution in [0.25, 0.3) is 11.1 Å². The molecule has 1 N–H and O–H groups in total. The second kappa shape index (κ2) is 9.39. The van der Waals surface area contributed by atoms with Crippen molar-refractivity contribution in [3.63, 3.8) is 0 Å². The number of sulfone groups is 1. The summed E-state index contributed by atoms with van der Waals surface area (Å²) in [4.78, 5) is 10.6. The van der Waals surface area contributed by atoms with Crippen molar-refractivity contribution in [2.75, 3.05) is 0 Å². The van der Waals surface area contributed by atoms with E-state index in [2.05, 4.69) is 4.51 Å². The third-order valence-electron chi connectivity index (χ3n) is 4.64. The molecule has 2 aromatic rings. The number of allylic oxidation sites excluding steroid dienone is 3. The molecule has 3 rings (SSSR count).